The first-order chi connectivity index (χ1) is 14.2. The number of anilines is 1. The summed E-state index contributed by atoms with van der Waals surface area (Å²) >= 11 is 1.94. The highest BCUT2D eigenvalue weighted by Crippen LogP contribution is 2.53. The highest BCUT2D eigenvalue weighted by Gasteiger charge is 2.36. The molecule has 2 aromatic carbocycles. The summed E-state index contributed by atoms with van der Waals surface area (Å²) in [4.78, 5) is 1.47. The zero-order valence-electron chi connectivity index (χ0n) is 16.5. The van der Waals surface area contributed by atoms with E-state index in [0.29, 0.717) is 5.92 Å². The molecule has 6 rings (SSSR count). The summed E-state index contributed by atoms with van der Waals surface area (Å²) in [5.41, 5.74) is 8.13. The van der Waals surface area contributed by atoms with Crippen LogP contribution >= 0.6 is 11.3 Å². The van der Waals surface area contributed by atoms with Crippen LogP contribution in [0.2, 0.25) is 0 Å². The molecular formula is C27H21NS. The van der Waals surface area contributed by atoms with Gasteiger partial charge in [-0.05, 0) is 42.7 Å². The third kappa shape index (κ3) is 2.41. The molecule has 0 amide bonds. The number of fused-ring (bicyclic) bond motifs is 7. The van der Waals surface area contributed by atoms with Crippen molar-refractivity contribution in [2.24, 2.45) is 0 Å². The number of nitrogens with one attached hydrogen (secondary N) is 1. The van der Waals surface area contributed by atoms with Gasteiger partial charge >= 0.3 is 0 Å². The van der Waals surface area contributed by atoms with E-state index in [9.17, 15) is 0 Å². The van der Waals surface area contributed by atoms with Crippen LogP contribution in [0.5, 0.6) is 0 Å². The molecule has 0 saturated heterocycles. The molecule has 3 aliphatic rings. The molecule has 0 spiro atoms. The van der Waals surface area contributed by atoms with Crippen molar-refractivity contribution in [3.8, 4) is 11.8 Å². The number of thiophene rings is 1. The molecule has 2 heteroatoms. The molecular weight excluding hydrogens is 370 g/mol. The first-order valence-corrected chi connectivity index (χ1v) is 11.0. The van der Waals surface area contributed by atoms with Crippen molar-refractivity contribution in [1.82, 2.24) is 0 Å². The average Bonchev–Trinajstić information content (AvgIpc) is 3.15. The van der Waals surface area contributed by atoms with Crippen molar-refractivity contribution in [2.75, 3.05) is 5.32 Å². The Kier molecular flexibility index (Phi) is 3.63. The van der Waals surface area contributed by atoms with Gasteiger partial charge in [-0.1, -0.05) is 72.0 Å². The predicted molar refractivity (Wildman–Crippen MR) is 124 cm³/mol. The van der Waals surface area contributed by atoms with Crippen LogP contribution in [-0.4, -0.2) is 6.04 Å². The van der Waals surface area contributed by atoms with E-state index in [0.717, 1.165) is 0 Å². The lowest BCUT2D eigenvalue weighted by Gasteiger charge is -2.24. The number of hydrogen-bond donors (Lipinski definition) is 1. The van der Waals surface area contributed by atoms with Gasteiger partial charge in [0.15, 0.2) is 0 Å². The molecule has 2 aliphatic carbocycles. The van der Waals surface area contributed by atoms with Crippen LogP contribution in [0.15, 0.2) is 77.9 Å². The van der Waals surface area contributed by atoms with E-state index < -0.39 is 0 Å². The minimum absolute atomic E-state index is 0.0232. The third-order valence-corrected chi connectivity index (χ3v) is 7.76. The van der Waals surface area contributed by atoms with Gasteiger partial charge in [-0.15, -0.1) is 11.3 Å². The summed E-state index contributed by atoms with van der Waals surface area (Å²) in [5, 5.41) is 5.15. The summed E-state index contributed by atoms with van der Waals surface area (Å²) in [6, 6.07) is 17.4. The summed E-state index contributed by atoms with van der Waals surface area (Å²) in [6.07, 6.45) is 6.77. The fourth-order valence-corrected chi connectivity index (χ4v) is 6.42. The van der Waals surface area contributed by atoms with Gasteiger partial charge < -0.3 is 5.32 Å². The van der Waals surface area contributed by atoms with Crippen LogP contribution in [0.3, 0.4) is 0 Å². The van der Waals surface area contributed by atoms with Crippen molar-refractivity contribution in [3.05, 3.63) is 93.9 Å². The molecule has 2 heterocycles. The van der Waals surface area contributed by atoms with Gasteiger partial charge in [0, 0.05) is 32.1 Å². The molecule has 1 nitrogen and oxygen atoms in total. The van der Waals surface area contributed by atoms with Crippen molar-refractivity contribution in [1.29, 1.82) is 0 Å². The smallest absolute Gasteiger partial charge is 0.111 e. The number of benzene rings is 2. The Morgan fingerprint density at radius 3 is 2.72 bits per heavy atom. The van der Waals surface area contributed by atoms with Crippen molar-refractivity contribution in [2.45, 2.75) is 31.7 Å². The van der Waals surface area contributed by atoms with Gasteiger partial charge in [0.2, 0.25) is 0 Å². The standard InChI is InChI=1S/C27H21NS/c1-16-17(2)26-21-10-4-6-13-24(21)29-27(26)25(16)20-11-7-8-18-14-15-23(20)28-22-12-5-3-9-19(18)22/h3-13,18,23,25,28H,1-2H3/b8-7-,20-11+. The zero-order chi connectivity index (χ0) is 19.5. The Balaban J connectivity index is 1.53. The minimum Gasteiger partial charge on any atom is -0.368 e. The Labute approximate surface area is 175 Å². The maximum Gasteiger partial charge on any atom is 0.111 e. The fraction of sp³-hybridized carbons (Fsp3) is 0.185. The largest absolute Gasteiger partial charge is 0.368 e. The summed E-state index contributed by atoms with van der Waals surface area (Å²) in [6.45, 7) is 4.58. The molecule has 0 fully saturated rings. The SMILES string of the molecule is CC1=C(C)C(/C2=C/C=C\C3C#CC2Nc2ccccc23)c2sc3ccccc3c21. The van der Waals surface area contributed by atoms with Gasteiger partial charge in [0.1, 0.15) is 6.04 Å². The van der Waals surface area contributed by atoms with Crippen molar-refractivity contribution < 1.29 is 0 Å². The van der Waals surface area contributed by atoms with E-state index in [-0.39, 0.29) is 12.0 Å². The molecule has 3 atom stereocenters. The van der Waals surface area contributed by atoms with Crippen LogP contribution in [0, 0.1) is 11.8 Å². The average molecular weight is 392 g/mol. The molecule has 29 heavy (non-hydrogen) atoms. The van der Waals surface area contributed by atoms with E-state index in [1.807, 2.05) is 11.3 Å². The second-order valence-electron chi connectivity index (χ2n) is 8.06. The third-order valence-electron chi connectivity index (χ3n) is 6.52. The van der Waals surface area contributed by atoms with Crippen LogP contribution < -0.4 is 5.32 Å². The molecule has 3 aromatic rings. The number of rotatable bonds is 1. The topological polar surface area (TPSA) is 12.0 Å². The highest BCUT2D eigenvalue weighted by molar-refractivity contribution is 7.19. The Hall–Kier alpha value is -3.02. The molecule has 1 N–H and O–H groups in total. The molecule has 140 valence electrons. The molecule has 1 aliphatic heterocycles. The Bertz CT molecular complexity index is 1320. The second kappa shape index (κ2) is 6.24. The van der Waals surface area contributed by atoms with Gasteiger partial charge in [0.05, 0.1) is 5.92 Å². The number of allylic oxidation sites excluding steroid dienone is 5. The first-order valence-electron chi connectivity index (χ1n) is 10.2. The molecule has 0 radical (unpaired) electrons. The lowest BCUT2D eigenvalue weighted by Crippen LogP contribution is -2.24. The molecule has 1 aromatic heterocycles. The maximum absolute atomic E-state index is 3.76. The molecule has 0 saturated carbocycles. The van der Waals surface area contributed by atoms with E-state index >= 15 is 0 Å². The molecule has 2 bridgehead atoms. The highest BCUT2D eigenvalue weighted by atomic mass is 32.1. The van der Waals surface area contributed by atoms with E-state index in [4.69, 9.17) is 0 Å². The van der Waals surface area contributed by atoms with E-state index in [2.05, 4.69) is 97.8 Å². The van der Waals surface area contributed by atoms with Crippen LogP contribution in [0.4, 0.5) is 5.69 Å². The number of hydrogen-bond acceptors (Lipinski definition) is 2. The zero-order valence-corrected chi connectivity index (χ0v) is 17.3. The molecule has 3 unspecified atom stereocenters. The lowest BCUT2D eigenvalue weighted by atomic mass is 9.87. The second-order valence-corrected chi connectivity index (χ2v) is 9.14. The quantitative estimate of drug-likeness (QED) is 0.446. The summed E-state index contributed by atoms with van der Waals surface area (Å²) in [7, 11) is 0. The Morgan fingerprint density at radius 1 is 0.966 bits per heavy atom. The summed E-state index contributed by atoms with van der Waals surface area (Å²) in [5.74, 6) is 7.52. The number of para-hydroxylation sites is 1. The van der Waals surface area contributed by atoms with Gasteiger partial charge in [-0.2, -0.15) is 0 Å². The first kappa shape index (κ1) is 16.9. The van der Waals surface area contributed by atoms with Crippen molar-refractivity contribution in [3.63, 3.8) is 0 Å². The van der Waals surface area contributed by atoms with Crippen LogP contribution in [-0.2, 0) is 0 Å². The van der Waals surface area contributed by atoms with Gasteiger partial charge in [0.25, 0.3) is 0 Å². The van der Waals surface area contributed by atoms with Gasteiger partial charge in [-0.3, -0.25) is 0 Å². The van der Waals surface area contributed by atoms with E-state index in [1.54, 1.807) is 0 Å². The van der Waals surface area contributed by atoms with Crippen LogP contribution in [0.25, 0.3) is 15.7 Å². The monoisotopic (exact) mass is 391 g/mol. The van der Waals surface area contributed by atoms with Crippen LogP contribution in [0.1, 0.15) is 41.7 Å². The summed E-state index contributed by atoms with van der Waals surface area (Å²) < 4.78 is 1.38. The predicted octanol–water partition coefficient (Wildman–Crippen LogP) is 6.87. The fourth-order valence-electron chi connectivity index (χ4n) is 4.96. The van der Waals surface area contributed by atoms with Gasteiger partial charge in [-0.25, -0.2) is 0 Å². The Morgan fingerprint density at radius 2 is 1.79 bits per heavy atom. The van der Waals surface area contributed by atoms with E-state index in [1.165, 1.54) is 48.5 Å². The lowest BCUT2D eigenvalue weighted by molar-refractivity contribution is 0.878. The van der Waals surface area contributed by atoms with Crippen molar-refractivity contribution >= 4 is 32.7 Å². The normalized spacial score (nSPS) is 27.0. The maximum atomic E-state index is 3.76. The minimum atomic E-state index is 0.0232.